The fraction of sp³-hybridized carbons (Fsp3) is 0. The van der Waals surface area contributed by atoms with Crippen molar-refractivity contribution in [3.8, 4) is 35.1 Å². The molecule has 0 atom stereocenters. The topological polar surface area (TPSA) is 72.5 Å². The zero-order chi connectivity index (χ0) is 34.5. The summed E-state index contributed by atoms with van der Waals surface area (Å²) in [5, 5.41) is 20.7. The molecule has 11 rings (SSSR count). The molecule has 7 aromatic rings. The highest BCUT2D eigenvalue weighted by Gasteiger charge is 2.47. The Bertz CT molecular complexity index is 2570. The van der Waals surface area contributed by atoms with E-state index in [-0.39, 0.29) is 13.4 Å². The number of nitriles is 2. The van der Waals surface area contributed by atoms with Crippen molar-refractivity contribution in [2.24, 2.45) is 0 Å². The maximum Gasteiger partial charge on any atom is 0.256 e. The van der Waals surface area contributed by atoms with Crippen molar-refractivity contribution in [2.45, 2.75) is 0 Å². The van der Waals surface area contributed by atoms with Gasteiger partial charge in [0.15, 0.2) is 0 Å². The number of nitrogens with zero attached hydrogens (tertiary/aromatic N) is 4. The molecule has 4 aliphatic heterocycles. The molecule has 0 aliphatic carbocycles. The molecule has 7 aromatic carbocycles. The lowest BCUT2D eigenvalue weighted by atomic mass is 9.30. The number of para-hydroxylation sites is 4. The van der Waals surface area contributed by atoms with Gasteiger partial charge in [0.25, 0.3) is 13.4 Å². The Kier molecular flexibility index (Phi) is 5.88. The van der Waals surface area contributed by atoms with Gasteiger partial charge in [-0.2, -0.15) is 10.5 Å². The number of ether oxygens (including phenoxy) is 2. The van der Waals surface area contributed by atoms with E-state index < -0.39 is 0 Å². The lowest BCUT2D eigenvalue weighted by Crippen LogP contribution is -2.64. The first-order chi connectivity index (χ1) is 25.7. The van der Waals surface area contributed by atoms with Gasteiger partial charge in [-0.15, -0.1) is 0 Å². The number of hydrogen-bond acceptors (Lipinski definition) is 6. The second-order valence-corrected chi connectivity index (χ2v) is 13.4. The third-order valence-corrected chi connectivity index (χ3v) is 10.8. The van der Waals surface area contributed by atoms with Gasteiger partial charge in [0.1, 0.15) is 35.1 Å². The zero-order valence-corrected chi connectivity index (χ0v) is 27.6. The summed E-state index contributed by atoms with van der Waals surface area (Å²) in [5.41, 5.74) is 13.4. The fourth-order valence-corrected chi connectivity index (χ4v) is 8.75. The van der Waals surface area contributed by atoms with Gasteiger partial charge in [-0.1, -0.05) is 78.9 Å². The average molecular weight is 662 g/mol. The Morgan fingerprint density at radius 1 is 0.423 bits per heavy atom. The highest BCUT2D eigenvalue weighted by Crippen LogP contribution is 2.46. The molecule has 238 valence electrons. The minimum atomic E-state index is -0.199. The van der Waals surface area contributed by atoms with Crippen molar-refractivity contribution >= 4 is 80.3 Å². The summed E-state index contributed by atoms with van der Waals surface area (Å²) in [6.45, 7) is -0.398. The van der Waals surface area contributed by atoms with Crippen molar-refractivity contribution in [3.05, 3.63) is 157 Å². The first-order valence-corrected chi connectivity index (χ1v) is 17.3. The molecular formula is C44H24B2N4O2. The predicted molar refractivity (Wildman–Crippen MR) is 208 cm³/mol. The Morgan fingerprint density at radius 3 is 1.29 bits per heavy atom. The van der Waals surface area contributed by atoms with Gasteiger partial charge < -0.3 is 19.3 Å². The van der Waals surface area contributed by atoms with E-state index in [0.717, 1.165) is 78.4 Å². The second kappa shape index (κ2) is 10.7. The van der Waals surface area contributed by atoms with Crippen LogP contribution in [0.1, 0.15) is 11.1 Å². The number of benzene rings is 7. The van der Waals surface area contributed by atoms with Crippen LogP contribution in [0.4, 0.5) is 34.1 Å². The summed E-state index contributed by atoms with van der Waals surface area (Å²) in [5.74, 6) is 2.70. The Hall–Kier alpha value is -7.15. The van der Waals surface area contributed by atoms with Crippen LogP contribution in [0.3, 0.4) is 0 Å². The molecule has 0 N–H and O–H groups in total. The van der Waals surface area contributed by atoms with E-state index in [1.54, 1.807) is 0 Å². The van der Waals surface area contributed by atoms with Gasteiger partial charge in [0.2, 0.25) is 0 Å². The van der Waals surface area contributed by atoms with Crippen molar-refractivity contribution in [3.63, 3.8) is 0 Å². The van der Waals surface area contributed by atoms with Crippen molar-refractivity contribution in [1.82, 2.24) is 0 Å². The summed E-state index contributed by atoms with van der Waals surface area (Å²) in [6.07, 6.45) is 0. The molecule has 0 aromatic heterocycles. The van der Waals surface area contributed by atoms with Gasteiger partial charge in [0.05, 0.1) is 11.1 Å². The summed E-state index contributed by atoms with van der Waals surface area (Å²) in [6, 6.07) is 54.5. The van der Waals surface area contributed by atoms with Gasteiger partial charge in [0, 0.05) is 34.1 Å². The monoisotopic (exact) mass is 662 g/mol. The fourth-order valence-electron chi connectivity index (χ4n) is 8.75. The van der Waals surface area contributed by atoms with Crippen LogP contribution >= 0.6 is 0 Å². The van der Waals surface area contributed by atoms with Crippen LogP contribution < -0.4 is 52.1 Å². The maximum atomic E-state index is 10.3. The largest absolute Gasteiger partial charge is 0.457 e. The van der Waals surface area contributed by atoms with E-state index >= 15 is 0 Å². The van der Waals surface area contributed by atoms with Crippen molar-refractivity contribution < 1.29 is 9.47 Å². The second-order valence-electron chi connectivity index (χ2n) is 13.4. The molecule has 0 saturated heterocycles. The number of rotatable bonds is 2. The van der Waals surface area contributed by atoms with Crippen LogP contribution in [0.15, 0.2) is 146 Å². The summed E-state index contributed by atoms with van der Waals surface area (Å²) in [4.78, 5) is 4.62. The molecule has 52 heavy (non-hydrogen) atoms. The minimum Gasteiger partial charge on any atom is -0.457 e. The molecule has 6 nitrogen and oxygen atoms in total. The number of anilines is 6. The predicted octanol–water partition coefficient (Wildman–Crippen LogP) is 6.24. The lowest BCUT2D eigenvalue weighted by molar-refractivity contribution is 0.485. The smallest absolute Gasteiger partial charge is 0.256 e. The Labute approximate surface area is 301 Å². The number of hydrogen-bond donors (Lipinski definition) is 0. The highest BCUT2D eigenvalue weighted by atomic mass is 16.5. The third-order valence-electron chi connectivity index (χ3n) is 10.8. The SMILES string of the molecule is N#Cc1ccc2c3c1Oc1ccccc1B3c1cc3c(cc1N2c1ccccc1)N(c1ccccc1)c1ccc(C#N)c2c1B3c1ccccc1O2. The van der Waals surface area contributed by atoms with E-state index in [1.807, 2.05) is 48.5 Å². The Balaban J connectivity index is 1.29. The average Bonchev–Trinajstić information content (AvgIpc) is 3.20. The van der Waals surface area contributed by atoms with Gasteiger partial charge in [-0.3, -0.25) is 0 Å². The van der Waals surface area contributed by atoms with Crippen LogP contribution in [0, 0.1) is 22.7 Å². The van der Waals surface area contributed by atoms with E-state index in [2.05, 4.69) is 119 Å². The van der Waals surface area contributed by atoms with Crippen molar-refractivity contribution in [1.29, 1.82) is 10.5 Å². The lowest BCUT2D eigenvalue weighted by Gasteiger charge is -2.44. The molecule has 0 amide bonds. The van der Waals surface area contributed by atoms with Crippen LogP contribution in [0.25, 0.3) is 0 Å². The first kappa shape index (κ1) is 28.7. The summed E-state index contributed by atoms with van der Waals surface area (Å²) in [7, 11) is 0. The summed E-state index contributed by atoms with van der Waals surface area (Å²) < 4.78 is 13.2. The van der Waals surface area contributed by atoms with E-state index in [4.69, 9.17) is 9.47 Å². The standard InChI is InChI=1S/C44H24B2N4O2/c47-25-27-19-21-35-41-43(27)51-39-17-9-7-15-31(39)45(41)33-23-34-38(24-37(33)49(35)29-11-3-1-4-12-29)50(30-13-5-2-6-14-30)36-22-20-28(26-48)44-42(36)46(34)32-16-8-10-18-40(32)52-44/h1-24H. The van der Waals surface area contributed by atoms with E-state index in [1.165, 1.54) is 0 Å². The molecule has 0 fully saturated rings. The van der Waals surface area contributed by atoms with Crippen molar-refractivity contribution in [2.75, 3.05) is 9.80 Å². The molecule has 0 unspecified atom stereocenters. The summed E-state index contributed by atoms with van der Waals surface area (Å²) >= 11 is 0. The van der Waals surface area contributed by atoms with Crippen LogP contribution in [-0.2, 0) is 0 Å². The first-order valence-electron chi connectivity index (χ1n) is 17.3. The zero-order valence-electron chi connectivity index (χ0n) is 27.6. The molecule has 0 spiro atoms. The van der Waals surface area contributed by atoms with Gasteiger partial charge in [-0.25, -0.2) is 0 Å². The molecule has 4 heterocycles. The van der Waals surface area contributed by atoms with Crippen LogP contribution in [0.5, 0.6) is 23.0 Å². The van der Waals surface area contributed by atoms with Crippen LogP contribution in [0.2, 0.25) is 0 Å². The van der Waals surface area contributed by atoms with Gasteiger partial charge in [-0.05, 0) is 99.5 Å². The normalized spacial score (nSPS) is 13.5. The van der Waals surface area contributed by atoms with Gasteiger partial charge >= 0.3 is 0 Å². The van der Waals surface area contributed by atoms with Crippen LogP contribution in [-0.4, -0.2) is 13.4 Å². The number of fused-ring (bicyclic) bond motifs is 8. The highest BCUT2D eigenvalue weighted by molar-refractivity contribution is 7.02. The molecule has 8 heteroatoms. The minimum absolute atomic E-state index is 0.199. The third kappa shape index (κ3) is 3.78. The quantitative estimate of drug-likeness (QED) is 0.204. The Morgan fingerprint density at radius 2 is 0.846 bits per heavy atom. The van der Waals surface area contributed by atoms with E-state index in [0.29, 0.717) is 22.6 Å². The maximum absolute atomic E-state index is 10.3. The molecule has 0 bridgehead atoms. The molecule has 0 saturated carbocycles. The molecule has 4 aliphatic rings. The molecule has 0 radical (unpaired) electrons. The molecular weight excluding hydrogens is 638 g/mol. The van der Waals surface area contributed by atoms with E-state index in [9.17, 15) is 10.5 Å².